The van der Waals surface area contributed by atoms with Crippen molar-refractivity contribution in [3.63, 3.8) is 0 Å². The highest BCUT2D eigenvalue weighted by molar-refractivity contribution is 5.59. The van der Waals surface area contributed by atoms with Crippen molar-refractivity contribution >= 4 is 5.69 Å². The minimum Gasteiger partial charge on any atom is -0.502 e. The van der Waals surface area contributed by atoms with Crippen LogP contribution in [0.4, 0.5) is 5.69 Å². The number of nitrogens with zero attached hydrogens (tertiary/aromatic N) is 3. The van der Waals surface area contributed by atoms with Gasteiger partial charge in [-0.1, -0.05) is 82.9 Å². The summed E-state index contributed by atoms with van der Waals surface area (Å²) in [6, 6.07) is 11.1. The molecule has 1 heterocycles. The van der Waals surface area contributed by atoms with Crippen molar-refractivity contribution in [3.05, 3.63) is 58.2 Å². The third kappa shape index (κ3) is 5.67. The highest BCUT2D eigenvalue weighted by atomic mass is 16.6. The van der Waals surface area contributed by atoms with Crippen LogP contribution in [0.3, 0.4) is 0 Å². The van der Waals surface area contributed by atoms with E-state index in [1.54, 1.807) is 6.07 Å². The van der Waals surface area contributed by atoms with Gasteiger partial charge in [-0.15, -0.1) is 0 Å². The van der Waals surface area contributed by atoms with Gasteiger partial charge in [0.25, 0.3) is 5.69 Å². The van der Waals surface area contributed by atoms with E-state index in [4.69, 9.17) is 0 Å². The van der Waals surface area contributed by atoms with E-state index >= 15 is 0 Å². The van der Waals surface area contributed by atoms with E-state index < -0.39 is 4.86 Å². The summed E-state index contributed by atoms with van der Waals surface area (Å²) in [6.45, 7) is 4.23. The number of aromatic hydroxyl groups is 1. The molecule has 0 aliphatic carbocycles. The minimum absolute atomic E-state index is 0.0966. The Morgan fingerprint density at radius 2 is 1.33 bits per heavy atom. The first-order valence-electron chi connectivity index (χ1n) is 11.5. The van der Waals surface area contributed by atoms with Crippen molar-refractivity contribution < 1.29 is 10.3 Å². The SMILES string of the molecule is CCCCCCCCCCCCc1cc(C)cc([N+]2(O)N=c3ccccc3=N2)c1O. The number of hydrogen-bond acceptors (Lipinski definition) is 4. The molecular formula is C25H36N3O2+. The second kappa shape index (κ2) is 10.7. The molecule has 0 unspecified atom stereocenters. The van der Waals surface area contributed by atoms with Crippen LogP contribution in [0.5, 0.6) is 5.75 Å². The summed E-state index contributed by atoms with van der Waals surface area (Å²) >= 11 is 0. The van der Waals surface area contributed by atoms with Crippen LogP contribution in [-0.4, -0.2) is 10.3 Å². The van der Waals surface area contributed by atoms with Gasteiger partial charge in [-0.3, -0.25) is 0 Å². The lowest BCUT2D eigenvalue weighted by atomic mass is 10.0. The van der Waals surface area contributed by atoms with Gasteiger partial charge in [0.2, 0.25) is 0 Å². The summed E-state index contributed by atoms with van der Waals surface area (Å²) in [5.41, 5.74) is 2.16. The van der Waals surface area contributed by atoms with Crippen molar-refractivity contribution in [1.29, 1.82) is 0 Å². The zero-order chi connectivity index (χ0) is 21.4. The second-order valence-electron chi connectivity index (χ2n) is 8.48. The fourth-order valence-corrected chi connectivity index (χ4v) is 4.12. The number of benzene rings is 2. The maximum absolute atomic E-state index is 11.0. The number of phenolic OH excluding ortho intramolecular Hbond substituents is 1. The maximum Gasteiger partial charge on any atom is 0.265 e. The van der Waals surface area contributed by atoms with E-state index in [9.17, 15) is 10.3 Å². The molecule has 0 amide bonds. The van der Waals surface area contributed by atoms with Crippen molar-refractivity contribution in [2.24, 2.45) is 10.2 Å². The van der Waals surface area contributed by atoms with Crippen molar-refractivity contribution in [3.8, 4) is 5.75 Å². The Labute approximate surface area is 179 Å². The van der Waals surface area contributed by atoms with Crippen LogP contribution in [0, 0.1) is 6.92 Å². The van der Waals surface area contributed by atoms with Gasteiger partial charge in [0.15, 0.2) is 16.5 Å². The lowest BCUT2D eigenvalue weighted by Gasteiger charge is -2.17. The normalized spacial score (nSPS) is 14.2. The van der Waals surface area contributed by atoms with Gasteiger partial charge in [-0.25, -0.2) is 0 Å². The van der Waals surface area contributed by atoms with Crippen molar-refractivity contribution in [2.45, 2.75) is 84.5 Å². The number of phenols is 1. The summed E-state index contributed by atoms with van der Waals surface area (Å²) in [4.78, 5) is -0.974. The topological polar surface area (TPSA) is 65.2 Å². The Balaban J connectivity index is 1.55. The monoisotopic (exact) mass is 410 g/mol. The van der Waals surface area contributed by atoms with Gasteiger partial charge in [0.05, 0.1) is 4.86 Å². The second-order valence-corrected chi connectivity index (χ2v) is 8.48. The zero-order valence-electron chi connectivity index (χ0n) is 18.5. The third-order valence-corrected chi connectivity index (χ3v) is 5.81. The number of rotatable bonds is 12. The predicted molar refractivity (Wildman–Crippen MR) is 121 cm³/mol. The van der Waals surface area contributed by atoms with E-state index in [2.05, 4.69) is 17.1 Å². The first-order chi connectivity index (χ1) is 14.5. The van der Waals surface area contributed by atoms with Crippen LogP contribution in [0.15, 0.2) is 46.6 Å². The molecule has 3 rings (SSSR count). The molecule has 2 aromatic carbocycles. The summed E-state index contributed by atoms with van der Waals surface area (Å²) in [6.07, 6.45) is 13.6. The molecule has 2 aromatic rings. The van der Waals surface area contributed by atoms with Crippen LogP contribution < -0.4 is 15.6 Å². The maximum atomic E-state index is 11.0. The Morgan fingerprint density at radius 3 is 1.90 bits per heavy atom. The zero-order valence-corrected chi connectivity index (χ0v) is 18.5. The molecule has 30 heavy (non-hydrogen) atoms. The summed E-state index contributed by atoms with van der Waals surface area (Å²) < 4.78 is 0. The molecule has 2 N–H and O–H groups in total. The molecule has 0 saturated heterocycles. The number of aryl methyl sites for hydroxylation is 2. The molecule has 0 bridgehead atoms. The Bertz CT molecular complexity index is 920. The number of quaternary nitrogens is 1. The van der Waals surface area contributed by atoms with Gasteiger partial charge in [0.1, 0.15) is 0 Å². The number of fused-ring (bicyclic) bond motifs is 1. The predicted octanol–water partition coefficient (Wildman–Crippen LogP) is 5.64. The fraction of sp³-hybridized carbons (Fsp3) is 0.520. The quantitative estimate of drug-likeness (QED) is 0.351. The van der Waals surface area contributed by atoms with Gasteiger partial charge < -0.3 is 5.11 Å². The fourth-order valence-electron chi connectivity index (χ4n) is 4.12. The van der Waals surface area contributed by atoms with Gasteiger partial charge in [0, 0.05) is 11.6 Å². The van der Waals surface area contributed by atoms with E-state index in [0.717, 1.165) is 30.4 Å². The van der Waals surface area contributed by atoms with E-state index in [0.29, 0.717) is 16.4 Å². The van der Waals surface area contributed by atoms with Crippen LogP contribution in [-0.2, 0) is 6.42 Å². The molecular weight excluding hydrogens is 374 g/mol. The molecule has 162 valence electrons. The molecule has 0 spiro atoms. The molecule has 5 nitrogen and oxygen atoms in total. The van der Waals surface area contributed by atoms with Gasteiger partial charge in [-0.2, -0.15) is 5.21 Å². The molecule has 0 radical (unpaired) electrons. The number of hydrogen-bond donors (Lipinski definition) is 2. The van der Waals surface area contributed by atoms with Gasteiger partial charge >= 0.3 is 0 Å². The highest BCUT2D eigenvalue weighted by Gasteiger charge is 2.37. The van der Waals surface area contributed by atoms with Crippen molar-refractivity contribution in [2.75, 3.05) is 0 Å². The Morgan fingerprint density at radius 1 is 0.800 bits per heavy atom. The molecule has 0 aromatic heterocycles. The van der Waals surface area contributed by atoms with Gasteiger partial charge in [-0.05, 0) is 47.7 Å². The molecule has 5 heteroatoms. The van der Waals surface area contributed by atoms with Crippen LogP contribution in [0.1, 0.15) is 82.3 Å². The Hall–Kier alpha value is -2.24. The first-order valence-corrected chi connectivity index (χ1v) is 11.5. The molecule has 0 atom stereocenters. The van der Waals surface area contributed by atoms with E-state index in [1.165, 1.54) is 51.4 Å². The smallest absolute Gasteiger partial charge is 0.265 e. The molecule has 0 fully saturated rings. The average molecular weight is 411 g/mol. The highest BCUT2D eigenvalue weighted by Crippen LogP contribution is 2.37. The first kappa shape index (κ1) is 22.4. The Kier molecular flexibility index (Phi) is 8.00. The van der Waals surface area contributed by atoms with Crippen LogP contribution >= 0.6 is 0 Å². The standard InChI is InChI=1S/C25H35N3O2/c1-3-4-5-6-7-8-9-10-11-12-15-21-18-20(2)19-24(25(21)29)28(30)26-22-16-13-14-17-23(22)27-28/h13-14,16-19,30H,3-12,15H2,1-2H3/p+1. The summed E-state index contributed by atoms with van der Waals surface area (Å²) in [5.74, 6) is 0.0966. The minimum atomic E-state index is -0.974. The summed E-state index contributed by atoms with van der Waals surface area (Å²) in [7, 11) is 0. The molecule has 1 aliphatic rings. The average Bonchev–Trinajstić information content (AvgIpc) is 3.08. The summed E-state index contributed by atoms with van der Waals surface area (Å²) in [5, 5.41) is 31.8. The molecule has 1 aliphatic heterocycles. The van der Waals surface area contributed by atoms with E-state index in [-0.39, 0.29) is 5.75 Å². The lowest BCUT2D eigenvalue weighted by molar-refractivity contribution is -0.0809. The van der Waals surface area contributed by atoms with E-state index in [1.807, 2.05) is 37.3 Å². The van der Waals surface area contributed by atoms with Crippen LogP contribution in [0.25, 0.3) is 0 Å². The molecule has 0 saturated carbocycles. The number of unbranched alkanes of at least 4 members (excludes halogenated alkanes) is 9. The largest absolute Gasteiger partial charge is 0.502 e. The third-order valence-electron chi connectivity index (χ3n) is 5.81. The van der Waals surface area contributed by atoms with Crippen molar-refractivity contribution in [1.82, 2.24) is 4.86 Å². The van der Waals surface area contributed by atoms with Crippen LogP contribution in [0.2, 0.25) is 0 Å². The lowest BCUT2D eigenvalue weighted by Crippen LogP contribution is -2.33.